The molecular weight excluding hydrogens is 266 g/mol. The minimum Gasteiger partial charge on any atom is -0.388 e. The van der Waals surface area contributed by atoms with E-state index in [2.05, 4.69) is 0 Å². The number of hydrogen-bond donors (Lipinski definition) is 1. The van der Waals surface area contributed by atoms with Crippen LogP contribution >= 0.6 is 11.8 Å². The summed E-state index contributed by atoms with van der Waals surface area (Å²) >= 11 is 1.23. The molecule has 19 heavy (non-hydrogen) atoms. The highest BCUT2D eigenvalue weighted by molar-refractivity contribution is 7.99. The third-order valence-corrected chi connectivity index (χ3v) is 3.83. The van der Waals surface area contributed by atoms with Crippen LogP contribution in [-0.4, -0.2) is 5.11 Å². The van der Waals surface area contributed by atoms with E-state index >= 15 is 0 Å². The van der Waals surface area contributed by atoms with Gasteiger partial charge in [0.25, 0.3) is 0 Å². The molecule has 2 aromatic carbocycles. The molecule has 0 amide bonds. The van der Waals surface area contributed by atoms with E-state index in [-0.39, 0.29) is 0 Å². The summed E-state index contributed by atoms with van der Waals surface area (Å²) in [5, 5.41) is 9.68. The highest BCUT2D eigenvalue weighted by atomic mass is 32.2. The molecule has 0 bridgehead atoms. The molecule has 0 saturated heterocycles. The van der Waals surface area contributed by atoms with Gasteiger partial charge in [0.15, 0.2) is 0 Å². The van der Waals surface area contributed by atoms with Gasteiger partial charge in [-0.2, -0.15) is 0 Å². The van der Waals surface area contributed by atoms with Crippen molar-refractivity contribution >= 4 is 11.8 Å². The first-order valence-corrected chi connectivity index (χ1v) is 6.82. The predicted molar refractivity (Wildman–Crippen MR) is 72.2 cm³/mol. The minimum atomic E-state index is -0.580. The molecule has 0 saturated carbocycles. The van der Waals surface area contributed by atoms with E-state index in [1.165, 1.54) is 23.9 Å². The Labute approximate surface area is 115 Å². The second kappa shape index (κ2) is 6.17. The fourth-order valence-corrected chi connectivity index (χ4v) is 2.50. The van der Waals surface area contributed by atoms with Crippen molar-refractivity contribution in [2.45, 2.75) is 29.2 Å². The predicted octanol–water partition coefficient (Wildman–Crippen LogP) is 4.56. The largest absolute Gasteiger partial charge is 0.388 e. The first-order valence-electron chi connectivity index (χ1n) is 6.01. The van der Waals surface area contributed by atoms with Crippen molar-refractivity contribution in [1.29, 1.82) is 0 Å². The van der Waals surface area contributed by atoms with Gasteiger partial charge in [0.1, 0.15) is 11.6 Å². The Morgan fingerprint density at radius 2 is 1.79 bits per heavy atom. The Morgan fingerprint density at radius 3 is 2.37 bits per heavy atom. The lowest BCUT2D eigenvalue weighted by Crippen LogP contribution is -1.94. The van der Waals surface area contributed by atoms with Crippen molar-refractivity contribution in [3.63, 3.8) is 0 Å². The molecule has 0 fully saturated rings. The number of benzene rings is 2. The smallest absolute Gasteiger partial charge is 0.140 e. The lowest BCUT2D eigenvalue weighted by molar-refractivity contribution is 0.173. The maximum absolute atomic E-state index is 13.5. The summed E-state index contributed by atoms with van der Waals surface area (Å²) in [7, 11) is 0. The molecule has 2 aromatic rings. The van der Waals surface area contributed by atoms with Gasteiger partial charge in [0.05, 0.1) is 6.10 Å². The van der Waals surface area contributed by atoms with Gasteiger partial charge in [-0.1, -0.05) is 30.8 Å². The average molecular weight is 280 g/mol. The lowest BCUT2D eigenvalue weighted by Gasteiger charge is -2.09. The third kappa shape index (κ3) is 3.55. The average Bonchev–Trinajstić information content (AvgIpc) is 2.42. The highest BCUT2D eigenvalue weighted by Crippen LogP contribution is 2.31. The summed E-state index contributed by atoms with van der Waals surface area (Å²) < 4.78 is 26.3. The van der Waals surface area contributed by atoms with E-state index in [1.807, 2.05) is 31.2 Å². The standard InChI is InChI=1S/C15H14F2OS/c1-2-14(18)10-3-6-12(7-4-10)19-15-8-5-11(16)9-13(15)17/h3-9,14,18H,2H2,1H3/t14-/m1/s1. The van der Waals surface area contributed by atoms with E-state index < -0.39 is 17.7 Å². The zero-order valence-corrected chi connectivity index (χ0v) is 11.3. The molecule has 0 radical (unpaired) electrons. The highest BCUT2D eigenvalue weighted by Gasteiger charge is 2.07. The summed E-state index contributed by atoms with van der Waals surface area (Å²) in [6, 6.07) is 10.8. The van der Waals surface area contributed by atoms with Crippen LogP contribution in [0.4, 0.5) is 8.78 Å². The van der Waals surface area contributed by atoms with Gasteiger partial charge >= 0.3 is 0 Å². The number of hydrogen-bond acceptors (Lipinski definition) is 2. The van der Waals surface area contributed by atoms with E-state index in [0.717, 1.165) is 16.5 Å². The minimum absolute atomic E-state index is 0.380. The topological polar surface area (TPSA) is 20.2 Å². The number of halogens is 2. The molecule has 1 N–H and O–H groups in total. The van der Waals surface area contributed by atoms with Gasteiger partial charge in [-0.25, -0.2) is 8.78 Å². The van der Waals surface area contributed by atoms with Crippen LogP contribution in [0.1, 0.15) is 25.0 Å². The quantitative estimate of drug-likeness (QED) is 0.886. The zero-order valence-electron chi connectivity index (χ0n) is 10.4. The third-order valence-electron chi connectivity index (χ3n) is 2.77. The monoisotopic (exact) mass is 280 g/mol. The lowest BCUT2D eigenvalue weighted by atomic mass is 10.1. The van der Waals surface area contributed by atoms with Crippen molar-refractivity contribution in [2.24, 2.45) is 0 Å². The Kier molecular flexibility index (Phi) is 4.56. The van der Waals surface area contributed by atoms with Crippen LogP contribution in [0.3, 0.4) is 0 Å². The Balaban J connectivity index is 2.15. The van der Waals surface area contributed by atoms with E-state index in [0.29, 0.717) is 11.3 Å². The molecule has 1 atom stereocenters. The molecule has 100 valence electrons. The van der Waals surface area contributed by atoms with Gasteiger partial charge in [0.2, 0.25) is 0 Å². The maximum Gasteiger partial charge on any atom is 0.140 e. The summed E-state index contributed by atoms with van der Waals surface area (Å²) in [5.74, 6) is -1.15. The molecule has 1 nitrogen and oxygen atoms in total. The van der Waals surface area contributed by atoms with Crippen molar-refractivity contribution in [2.75, 3.05) is 0 Å². The number of rotatable bonds is 4. The number of aliphatic hydroxyl groups is 1. The fourth-order valence-electron chi connectivity index (χ4n) is 1.68. The van der Waals surface area contributed by atoms with Gasteiger partial charge in [-0.3, -0.25) is 0 Å². The summed E-state index contributed by atoms with van der Waals surface area (Å²) in [5.41, 5.74) is 0.839. The molecule has 2 rings (SSSR count). The van der Waals surface area contributed by atoms with Crippen LogP contribution in [0, 0.1) is 11.6 Å². The van der Waals surface area contributed by atoms with Crippen LogP contribution in [0.5, 0.6) is 0 Å². The molecule has 0 aliphatic rings. The van der Waals surface area contributed by atoms with Crippen LogP contribution < -0.4 is 0 Å². The molecular formula is C15H14F2OS. The Bertz CT molecular complexity index is 555. The molecule has 0 heterocycles. The van der Waals surface area contributed by atoms with E-state index in [9.17, 15) is 13.9 Å². The summed E-state index contributed by atoms with van der Waals surface area (Å²) in [6.07, 6.45) is 0.181. The first kappa shape index (κ1) is 14.0. The Hall–Kier alpha value is -1.39. The van der Waals surface area contributed by atoms with Gasteiger partial charge < -0.3 is 5.11 Å². The van der Waals surface area contributed by atoms with Crippen LogP contribution in [0.2, 0.25) is 0 Å². The van der Waals surface area contributed by atoms with E-state index in [1.54, 1.807) is 0 Å². The van der Waals surface area contributed by atoms with Crippen molar-refractivity contribution in [3.8, 4) is 0 Å². The van der Waals surface area contributed by atoms with E-state index in [4.69, 9.17) is 0 Å². The molecule has 4 heteroatoms. The zero-order chi connectivity index (χ0) is 13.8. The summed E-state index contributed by atoms with van der Waals surface area (Å²) in [4.78, 5) is 1.22. The van der Waals surface area contributed by atoms with Gasteiger partial charge in [-0.05, 0) is 36.2 Å². The van der Waals surface area contributed by atoms with Crippen molar-refractivity contribution in [1.82, 2.24) is 0 Å². The van der Waals surface area contributed by atoms with Crippen LogP contribution in [0.25, 0.3) is 0 Å². The second-order valence-electron chi connectivity index (χ2n) is 4.17. The van der Waals surface area contributed by atoms with Crippen LogP contribution in [-0.2, 0) is 0 Å². The fraction of sp³-hybridized carbons (Fsp3) is 0.200. The van der Waals surface area contributed by atoms with Gasteiger partial charge in [-0.15, -0.1) is 0 Å². The SMILES string of the molecule is CC[C@@H](O)c1ccc(Sc2ccc(F)cc2F)cc1. The molecule has 0 aromatic heterocycles. The van der Waals surface area contributed by atoms with Crippen molar-refractivity contribution in [3.05, 3.63) is 59.7 Å². The Morgan fingerprint density at radius 1 is 1.11 bits per heavy atom. The molecule has 0 spiro atoms. The maximum atomic E-state index is 13.5. The normalized spacial score (nSPS) is 12.4. The first-order chi connectivity index (χ1) is 9.10. The van der Waals surface area contributed by atoms with Crippen LogP contribution in [0.15, 0.2) is 52.3 Å². The van der Waals surface area contributed by atoms with Gasteiger partial charge in [0, 0.05) is 15.9 Å². The molecule has 0 aliphatic heterocycles. The van der Waals surface area contributed by atoms with Crippen molar-refractivity contribution < 1.29 is 13.9 Å². The molecule has 0 aliphatic carbocycles. The number of aliphatic hydroxyl groups excluding tert-OH is 1. The second-order valence-corrected chi connectivity index (χ2v) is 5.29. The summed E-state index contributed by atoms with van der Waals surface area (Å²) in [6.45, 7) is 1.90. The molecule has 0 unspecified atom stereocenters.